The Morgan fingerprint density at radius 1 is 1.20 bits per heavy atom. The minimum atomic E-state index is 0.648. The molecule has 82 valence electrons. The van der Waals surface area contributed by atoms with Gasteiger partial charge in [0.15, 0.2) is 0 Å². The first-order valence-electron chi connectivity index (χ1n) is 4.86. The highest BCUT2D eigenvalue weighted by Gasteiger charge is 2.03. The molecule has 0 unspecified atom stereocenters. The molecule has 1 rings (SSSR count). The molecule has 0 fully saturated rings. The number of aliphatic imine (C=N–C) groups is 1. The second kappa shape index (κ2) is 5.39. The molecular weight excluding hydrogens is 190 g/mol. The summed E-state index contributed by atoms with van der Waals surface area (Å²) in [5.74, 6) is 1.62. The van der Waals surface area contributed by atoms with E-state index in [-0.39, 0.29) is 0 Å². The van der Waals surface area contributed by atoms with E-state index in [1.54, 1.807) is 14.2 Å². The Hall–Kier alpha value is -1.51. The summed E-state index contributed by atoms with van der Waals surface area (Å²) in [6.45, 7) is 4.61. The van der Waals surface area contributed by atoms with E-state index in [1.807, 2.05) is 32.0 Å². The first-order chi connectivity index (χ1) is 7.17. The topological polar surface area (TPSA) is 30.8 Å². The largest absolute Gasteiger partial charge is 0.497 e. The lowest BCUT2D eigenvalue weighted by atomic mass is 10.2. The molecule has 1 aromatic carbocycles. The molecular formula is C12H17NO2. The van der Waals surface area contributed by atoms with Gasteiger partial charge in [-0.15, -0.1) is 0 Å². The lowest BCUT2D eigenvalue weighted by Gasteiger charge is -2.08. The first kappa shape index (κ1) is 11.6. The fourth-order valence-corrected chi connectivity index (χ4v) is 1.23. The third-order valence-electron chi connectivity index (χ3n) is 2.06. The molecule has 0 radical (unpaired) electrons. The molecule has 0 saturated heterocycles. The summed E-state index contributed by atoms with van der Waals surface area (Å²) in [6.07, 6.45) is 0. The Morgan fingerprint density at radius 3 is 2.47 bits per heavy atom. The summed E-state index contributed by atoms with van der Waals surface area (Å²) >= 11 is 0. The highest BCUT2D eigenvalue weighted by atomic mass is 16.5. The minimum absolute atomic E-state index is 0.648. The average molecular weight is 207 g/mol. The summed E-state index contributed by atoms with van der Waals surface area (Å²) in [5.41, 5.74) is 2.13. The molecule has 0 atom stereocenters. The zero-order valence-electron chi connectivity index (χ0n) is 9.70. The molecule has 0 heterocycles. The van der Waals surface area contributed by atoms with E-state index < -0.39 is 0 Å². The fraction of sp³-hybridized carbons (Fsp3) is 0.417. The molecule has 0 aromatic heterocycles. The zero-order chi connectivity index (χ0) is 11.3. The van der Waals surface area contributed by atoms with Crippen molar-refractivity contribution in [2.24, 2.45) is 4.99 Å². The van der Waals surface area contributed by atoms with Crippen LogP contribution in [-0.4, -0.2) is 19.9 Å². The summed E-state index contributed by atoms with van der Waals surface area (Å²) in [7, 11) is 3.30. The number of benzene rings is 1. The molecule has 15 heavy (non-hydrogen) atoms. The summed E-state index contributed by atoms with van der Waals surface area (Å²) in [4.78, 5) is 4.35. The van der Waals surface area contributed by atoms with Gasteiger partial charge in [0.2, 0.25) is 0 Å². The molecule has 1 aromatic rings. The second-order valence-electron chi connectivity index (χ2n) is 3.44. The van der Waals surface area contributed by atoms with E-state index >= 15 is 0 Å². The van der Waals surface area contributed by atoms with E-state index in [4.69, 9.17) is 9.47 Å². The van der Waals surface area contributed by atoms with Gasteiger partial charge in [0.1, 0.15) is 11.5 Å². The molecule has 0 aliphatic heterocycles. The van der Waals surface area contributed by atoms with Crippen molar-refractivity contribution >= 4 is 5.71 Å². The standard InChI is InChI=1S/C12H17NO2/c1-9(2)13-8-10-5-6-11(14-3)7-12(10)15-4/h5-7H,8H2,1-4H3. The predicted octanol–water partition coefficient (Wildman–Crippen LogP) is 2.68. The molecule has 0 aliphatic rings. The van der Waals surface area contributed by atoms with Gasteiger partial charge in [0.05, 0.1) is 20.8 Å². The lowest BCUT2D eigenvalue weighted by Crippen LogP contribution is -1.93. The number of rotatable bonds is 4. The van der Waals surface area contributed by atoms with Crippen molar-refractivity contribution in [2.45, 2.75) is 20.4 Å². The van der Waals surface area contributed by atoms with E-state index in [9.17, 15) is 0 Å². The Balaban J connectivity index is 2.92. The average Bonchev–Trinajstić information content (AvgIpc) is 2.25. The van der Waals surface area contributed by atoms with Crippen LogP contribution in [0.5, 0.6) is 11.5 Å². The number of hydrogen-bond acceptors (Lipinski definition) is 3. The third-order valence-corrected chi connectivity index (χ3v) is 2.06. The van der Waals surface area contributed by atoms with Crippen molar-refractivity contribution in [3.63, 3.8) is 0 Å². The normalized spacial score (nSPS) is 9.60. The molecule has 0 bridgehead atoms. The van der Waals surface area contributed by atoms with Crippen LogP contribution in [0.1, 0.15) is 19.4 Å². The maximum Gasteiger partial charge on any atom is 0.127 e. The number of nitrogens with zero attached hydrogens (tertiary/aromatic N) is 1. The van der Waals surface area contributed by atoms with Crippen molar-refractivity contribution in [3.05, 3.63) is 23.8 Å². The van der Waals surface area contributed by atoms with Gasteiger partial charge >= 0.3 is 0 Å². The van der Waals surface area contributed by atoms with Gasteiger partial charge in [-0.25, -0.2) is 0 Å². The quantitative estimate of drug-likeness (QED) is 0.711. The first-order valence-corrected chi connectivity index (χ1v) is 4.86. The van der Waals surface area contributed by atoms with Crippen molar-refractivity contribution in [1.82, 2.24) is 0 Å². The highest BCUT2D eigenvalue weighted by molar-refractivity contribution is 5.79. The van der Waals surface area contributed by atoms with E-state index in [1.165, 1.54) is 0 Å². The summed E-state index contributed by atoms with van der Waals surface area (Å²) < 4.78 is 10.4. The SMILES string of the molecule is COc1ccc(CN=C(C)C)c(OC)c1. The molecule has 3 heteroatoms. The maximum absolute atomic E-state index is 5.27. The Morgan fingerprint density at radius 2 is 1.93 bits per heavy atom. The fourth-order valence-electron chi connectivity index (χ4n) is 1.23. The van der Waals surface area contributed by atoms with Crippen LogP contribution in [0.25, 0.3) is 0 Å². The van der Waals surface area contributed by atoms with Gasteiger partial charge in [0.25, 0.3) is 0 Å². The minimum Gasteiger partial charge on any atom is -0.497 e. The number of ether oxygens (including phenoxy) is 2. The Bertz CT molecular complexity index is 355. The zero-order valence-corrected chi connectivity index (χ0v) is 9.70. The molecule has 0 N–H and O–H groups in total. The summed E-state index contributed by atoms with van der Waals surface area (Å²) in [6, 6.07) is 5.76. The molecule has 3 nitrogen and oxygen atoms in total. The van der Waals surface area contributed by atoms with Crippen LogP contribution in [0.2, 0.25) is 0 Å². The van der Waals surface area contributed by atoms with Gasteiger partial charge in [-0.2, -0.15) is 0 Å². The van der Waals surface area contributed by atoms with Gasteiger partial charge < -0.3 is 9.47 Å². The monoisotopic (exact) mass is 207 g/mol. The molecule has 0 amide bonds. The van der Waals surface area contributed by atoms with E-state index in [0.717, 1.165) is 22.8 Å². The van der Waals surface area contributed by atoms with Crippen LogP contribution in [0, 0.1) is 0 Å². The molecule has 0 aliphatic carbocycles. The summed E-state index contributed by atoms with van der Waals surface area (Å²) in [5, 5.41) is 0. The predicted molar refractivity (Wildman–Crippen MR) is 62.0 cm³/mol. The third kappa shape index (κ3) is 3.27. The smallest absolute Gasteiger partial charge is 0.127 e. The van der Waals surface area contributed by atoms with E-state index in [2.05, 4.69) is 4.99 Å². The van der Waals surface area contributed by atoms with Crippen LogP contribution in [0.4, 0.5) is 0 Å². The molecule has 0 saturated carbocycles. The lowest BCUT2D eigenvalue weighted by molar-refractivity contribution is 0.391. The Labute approximate surface area is 90.7 Å². The van der Waals surface area contributed by atoms with Crippen LogP contribution >= 0.6 is 0 Å². The number of methoxy groups -OCH3 is 2. The van der Waals surface area contributed by atoms with Crippen LogP contribution < -0.4 is 9.47 Å². The van der Waals surface area contributed by atoms with Gasteiger partial charge in [-0.05, 0) is 26.0 Å². The van der Waals surface area contributed by atoms with Crippen LogP contribution in [0.15, 0.2) is 23.2 Å². The number of hydrogen-bond donors (Lipinski definition) is 0. The highest BCUT2D eigenvalue weighted by Crippen LogP contribution is 2.25. The van der Waals surface area contributed by atoms with Gasteiger partial charge in [0, 0.05) is 17.3 Å². The van der Waals surface area contributed by atoms with Crippen molar-refractivity contribution in [1.29, 1.82) is 0 Å². The van der Waals surface area contributed by atoms with Crippen molar-refractivity contribution in [2.75, 3.05) is 14.2 Å². The van der Waals surface area contributed by atoms with Crippen molar-refractivity contribution < 1.29 is 9.47 Å². The van der Waals surface area contributed by atoms with Crippen LogP contribution in [-0.2, 0) is 6.54 Å². The van der Waals surface area contributed by atoms with Crippen LogP contribution in [0.3, 0.4) is 0 Å². The molecule has 0 spiro atoms. The van der Waals surface area contributed by atoms with Crippen molar-refractivity contribution in [3.8, 4) is 11.5 Å². The maximum atomic E-state index is 5.27. The van der Waals surface area contributed by atoms with E-state index in [0.29, 0.717) is 6.54 Å². The second-order valence-corrected chi connectivity index (χ2v) is 3.44. The Kier molecular flexibility index (Phi) is 4.16. The van der Waals surface area contributed by atoms with Gasteiger partial charge in [-0.1, -0.05) is 0 Å². The van der Waals surface area contributed by atoms with Gasteiger partial charge in [-0.3, -0.25) is 4.99 Å².